The van der Waals surface area contributed by atoms with E-state index in [9.17, 15) is 0 Å². The second-order valence-corrected chi connectivity index (χ2v) is 6.42. The molecule has 3 unspecified atom stereocenters. The highest BCUT2D eigenvalue weighted by molar-refractivity contribution is 4.85. The first-order valence-corrected chi connectivity index (χ1v) is 7.83. The Bertz CT molecular complexity index is 244. The SMILES string of the molecule is CN1CCCC1CN(C)C1CCCCCC1CN. The molecule has 18 heavy (non-hydrogen) atoms. The van der Waals surface area contributed by atoms with Crippen LogP contribution in [0.5, 0.6) is 0 Å². The summed E-state index contributed by atoms with van der Waals surface area (Å²) in [6, 6.07) is 1.50. The van der Waals surface area contributed by atoms with Crippen LogP contribution in [0.25, 0.3) is 0 Å². The van der Waals surface area contributed by atoms with Crippen LogP contribution < -0.4 is 5.73 Å². The summed E-state index contributed by atoms with van der Waals surface area (Å²) in [6.07, 6.45) is 9.63. The molecule has 0 radical (unpaired) electrons. The lowest BCUT2D eigenvalue weighted by molar-refractivity contribution is 0.131. The Labute approximate surface area is 113 Å². The Morgan fingerprint density at radius 3 is 2.56 bits per heavy atom. The van der Waals surface area contributed by atoms with E-state index < -0.39 is 0 Å². The van der Waals surface area contributed by atoms with Gasteiger partial charge in [0.05, 0.1) is 0 Å². The molecule has 1 heterocycles. The third kappa shape index (κ3) is 3.46. The Hall–Kier alpha value is -0.120. The Morgan fingerprint density at radius 1 is 1.11 bits per heavy atom. The van der Waals surface area contributed by atoms with Gasteiger partial charge in [-0.3, -0.25) is 0 Å². The van der Waals surface area contributed by atoms with Crippen LogP contribution in [0.4, 0.5) is 0 Å². The molecule has 0 amide bonds. The van der Waals surface area contributed by atoms with Crippen LogP contribution in [-0.4, -0.2) is 55.6 Å². The number of likely N-dealkylation sites (N-methyl/N-ethyl adjacent to an activating group) is 2. The fraction of sp³-hybridized carbons (Fsp3) is 1.00. The second-order valence-electron chi connectivity index (χ2n) is 6.42. The summed E-state index contributed by atoms with van der Waals surface area (Å²) >= 11 is 0. The van der Waals surface area contributed by atoms with Gasteiger partial charge in [0, 0.05) is 18.6 Å². The molecule has 0 aromatic rings. The van der Waals surface area contributed by atoms with Crippen LogP contribution >= 0.6 is 0 Å². The smallest absolute Gasteiger partial charge is 0.0220 e. The molecule has 2 aliphatic rings. The van der Waals surface area contributed by atoms with Gasteiger partial charge in [0.2, 0.25) is 0 Å². The topological polar surface area (TPSA) is 32.5 Å². The highest BCUT2D eigenvalue weighted by Crippen LogP contribution is 2.27. The number of rotatable bonds is 4. The predicted molar refractivity (Wildman–Crippen MR) is 77.7 cm³/mol. The third-order valence-corrected chi connectivity index (χ3v) is 5.16. The molecule has 2 rings (SSSR count). The highest BCUT2D eigenvalue weighted by Gasteiger charge is 2.29. The largest absolute Gasteiger partial charge is 0.330 e. The average molecular weight is 253 g/mol. The normalized spacial score (nSPS) is 35.0. The van der Waals surface area contributed by atoms with Crippen molar-refractivity contribution in [3.8, 4) is 0 Å². The highest BCUT2D eigenvalue weighted by atomic mass is 15.2. The van der Waals surface area contributed by atoms with Gasteiger partial charge in [-0.1, -0.05) is 19.3 Å². The van der Waals surface area contributed by atoms with Crippen molar-refractivity contribution in [2.45, 2.75) is 57.0 Å². The maximum Gasteiger partial charge on any atom is 0.0220 e. The van der Waals surface area contributed by atoms with Crippen LogP contribution in [-0.2, 0) is 0 Å². The Kier molecular flexibility index (Phi) is 5.46. The van der Waals surface area contributed by atoms with Crippen LogP contribution in [0.15, 0.2) is 0 Å². The zero-order valence-electron chi connectivity index (χ0n) is 12.3. The summed E-state index contributed by atoms with van der Waals surface area (Å²) in [5, 5.41) is 0. The minimum atomic E-state index is 0.726. The van der Waals surface area contributed by atoms with E-state index in [1.807, 2.05) is 0 Å². The van der Waals surface area contributed by atoms with Crippen molar-refractivity contribution >= 4 is 0 Å². The van der Waals surface area contributed by atoms with Crippen LogP contribution in [0.1, 0.15) is 44.9 Å². The summed E-state index contributed by atoms with van der Waals surface area (Å²) in [6.45, 7) is 3.39. The molecule has 3 nitrogen and oxygen atoms in total. The van der Waals surface area contributed by atoms with Crippen molar-refractivity contribution < 1.29 is 0 Å². The first-order valence-electron chi connectivity index (χ1n) is 7.83. The Balaban J connectivity index is 1.90. The van der Waals surface area contributed by atoms with Crippen LogP contribution in [0.3, 0.4) is 0 Å². The summed E-state index contributed by atoms with van der Waals surface area (Å²) in [5.41, 5.74) is 6.00. The molecule has 3 atom stereocenters. The van der Waals surface area contributed by atoms with Gasteiger partial charge in [0.15, 0.2) is 0 Å². The predicted octanol–water partition coefficient (Wildman–Crippen LogP) is 1.92. The summed E-state index contributed by atoms with van der Waals surface area (Å²) in [4.78, 5) is 5.15. The molecule has 2 fully saturated rings. The van der Waals surface area contributed by atoms with E-state index in [-0.39, 0.29) is 0 Å². The molecule has 1 saturated carbocycles. The van der Waals surface area contributed by atoms with E-state index in [1.165, 1.54) is 58.0 Å². The molecular formula is C15H31N3. The number of likely N-dealkylation sites (tertiary alicyclic amines) is 1. The van der Waals surface area contributed by atoms with Crippen molar-refractivity contribution in [2.75, 3.05) is 33.7 Å². The van der Waals surface area contributed by atoms with E-state index in [0.29, 0.717) is 0 Å². The molecule has 106 valence electrons. The lowest BCUT2D eigenvalue weighted by Gasteiger charge is -2.36. The van der Waals surface area contributed by atoms with Gasteiger partial charge in [0.25, 0.3) is 0 Å². The van der Waals surface area contributed by atoms with Gasteiger partial charge in [-0.25, -0.2) is 0 Å². The monoisotopic (exact) mass is 253 g/mol. The molecule has 1 aliphatic heterocycles. The fourth-order valence-electron chi connectivity index (χ4n) is 3.90. The lowest BCUT2D eigenvalue weighted by atomic mass is 9.93. The minimum Gasteiger partial charge on any atom is -0.330 e. The van der Waals surface area contributed by atoms with Crippen molar-refractivity contribution in [1.82, 2.24) is 9.80 Å². The average Bonchev–Trinajstić information content (AvgIpc) is 2.66. The standard InChI is InChI=1S/C15H31N3/c1-17-10-6-8-14(17)12-18(2)15-9-5-3-4-7-13(15)11-16/h13-15H,3-12,16H2,1-2H3. The van der Waals surface area contributed by atoms with Crippen LogP contribution in [0.2, 0.25) is 0 Å². The van der Waals surface area contributed by atoms with Gasteiger partial charge in [-0.2, -0.15) is 0 Å². The van der Waals surface area contributed by atoms with E-state index in [4.69, 9.17) is 5.73 Å². The zero-order chi connectivity index (χ0) is 13.0. The van der Waals surface area contributed by atoms with Gasteiger partial charge >= 0.3 is 0 Å². The van der Waals surface area contributed by atoms with Crippen molar-refractivity contribution in [3.05, 3.63) is 0 Å². The molecule has 0 aromatic heterocycles. The van der Waals surface area contributed by atoms with Gasteiger partial charge in [-0.05, 0) is 58.8 Å². The van der Waals surface area contributed by atoms with Gasteiger partial charge in [-0.15, -0.1) is 0 Å². The summed E-state index contributed by atoms with van der Waals surface area (Å²) in [7, 11) is 4.60. The molecular weight excluding hydrogens is 222 g/mol. The maximum absolute atomic E-state index is 6.00. The lowest BCUT2D eigenvalue weighted by Crippen LogP contribution is -2.46. The molecule has 0 spiro atoms. The molecule has 0 aromatic carbocycles. The quantitative estimate of drug-likeness (QED) is 0.777. The first kappa shape index (κ1) is 14.3. The number of nitrogens with two attached hydrogens (primary N) is 1. The van der Waals surface area contributed by atoms with E-state index in [1.54, 1.807) is 0 Å². The summed E-state index contributed by atoms with van der Waals surface area (Å²) < 4.78 is 0. The maximum atomic E-state index is 6.00. The van der Waals surface area contributed by atoms with Crippen molar-refractivity contribution in [1.29, 1.82) is 0 Å². The first-order chi connectivity index (χ1) is 8.72. The number of hydrogen-bond donors (Lipinski definition) is 1. The van der Waals surface area contributed by atoms with Gasteiger partial charge < -0.3 is 15.5 Å². The second kappa shape index (κ2) is 6.88. The van der Waals surface area contributed by atoms with E-state index in [0.717, 1.165) is 24.5 Å². The molecule has 3 heteroatoms. The van der Waals surface area contributed by atoms with E-state index in [2.05, 4.69) is 23.9 Å². The van der Waals surface area contributed by atoms with Crippen molar-refractivity contribution in [2.24, 2.45) is 11.7 Å². The minimum absolute atomic E-state index is 0.726. The fourth-order valence-corrected chi connectivity index (χ4v) is 3.90. The van der Waals surface area contributed by atoms with Crippen molar-refractivity contribution in [3.63, 3.8) is 0 Å². The Morgan fingerprint density at radius 2 is 1.89 bits per heavy atom. The summed E-state index contributed by atoms with van der Waals surface area (Å²) in [5.74, 6) is 0.726. The van der Waals surface area contributed by atoms with E-state index >= 15 is 0 Å². The van der Waals surface area contributed by atoms with Crippen LogP contribution in [0, 0.1) is 5.92 Å². The molecule has 0 bridgehead atoms. The zero-order valence-corrected chi connectivity index (χ0v) is 12.3. The van der Waals surface area contributed by atoms with Gasteiger partial charge in [0.1, 0.15) is 0 Å². The molecule has 2 N–H and O–H groups in total. The molecule has 1 saturated heterocycles. The third-order valence-electron chi connectivity index (χ3n) is 5.16. The number of hydrogen-bond acceptors (Lipinski definition) is 3. The molecule has 1 aliphatic carbocycles. The number of nitrogens with zero attached hydrogens (tertiary/aromatic N) is 2.